The van der Waals surface area contributed by atoms with E-state index in [9.17, 15) is 56.8 Å². The maximum absolute atomic E-state index is 12.4. The average molecular weight is 1920 g/mol. The number of benzene rings is 4. The van der Waals surface area contributed by atoms with Gasteiger partial charge in [0.25, 0.3) is 5.56 Å². The Morgan fingerprint density at radius 2 is 0.725 bits per heavy atom. The third kappa shape index (κ3) is 39.4. The summed E-state index contributed by atoms with van der Waals surface area (Å²) in [4.78, 5) is 27.5. The van der Waals surface area contributed by atoms with Crippen molar-refractivity contribution in [1.29, 1.82) is 0 Å². The van der Waals surface area contributed by atoms with E-state index >= 15 is 0 Å². The Kier molecular flexibility index (Phi) is 44.8. The molecule has 0 atom stereocenters. The molecule has 11 rings (SSSR count). The van der Waals surface area contributed by atoms with Crippen LogP contribution in [0.2, 0.25) is 0 Å². The van der Waals surface area contributed by atoms with E-state index in [2.05, 4.69) is 90.5 Å². The lowest BCUT2D eigenvalue weighted by Gasteiger charge is -2.30. The number of sulfone groups is 5. The van der Waals surface area contributed by atoms with Gasteiger partial charge in [0, 0.05) is 30.5 Å². The zero-order chi connectivity index (χ0) is 96.7. The SMILES string of the molecule is CC(C)(C)S(=O)(=O)CC1CCC(CCCc2cc(O)cc(=O)[nH]2)CC1.CC(C)(C)S(=O)(=O)CC1CCC(CCCc2ccc(N3CCOCC3)cc2)CC1.CC(C)(C)S(=O)(=O)CC1CCC(CCCc2cccc(C(=O)O)c2)CC1.CCCOc1cccc(CCCC2CCC(CS(=O)(=O)C(C)(C)C)CC2)c1.Cc1ccccc1CCCC1CCC(CS(=O)(=O)C(C)(C)C)CC1. The van der Waals surface area contributed by atoms with Crippen LogP contribution in [0.4, 0.5) is 5.69 Å². The monoisotopic (exact) mass is 1920 g/mol. The fourth-order valence-corrected chi connectivity index (χ4v) is 26.6. The summed E-state index contributed by atoms with van der Waals surface area (Å²) in [6.45, 7) is 35.8. The van der Waals surface area contributed by atoms with Gasteiger partial charge in [-0.3, -0.25) is 4.79 Å². The summed E-state index contributed by atoms with van der Waals surface area (Å²) in [5.41, 5.74) is 8.89. The number of aromatic nitrogens is 1. The Hall–Kier alpha value is -5.59. The number of rotatable bonds is 35. The van der Waals surface area contributed by atoms with Crippen molar-refractivity contribution in [1.82, 2.24) is 4.98 Å². The van der Waals surface area contributed by atoms with Crippen molar-refractivity contribution in [3.63, 3.8) is 0 Å². The van der Waals surface area contributed by atoms with Crippen LogP contribution < -0.4 is 15.2 Å². The fourth-order valence-electron chi connectivity index (χ4n) is 19.4. The highest BCUT2D eigenvalue weighted by atomic mass is 32.2. The first kappa shape index (κ1) is 112. The molecule has 6 aliphatic rings. The number of morpholine rings is 1. The molecule has 0 unspecified atom stereocenters. The van der Waals surface area contributed by atoms with Gasteiger partial charge in [0.15, 0.2) is 49.2 Å². The van der Waals surface area contributed by atoms with Crippen LogP contribution in [0.25, 0.3) is 0 Å². The Balaban J connectivity index is 0.000000224. The van der Waals surface area contributed by atoms with E-state index in [0.29, 0.717) is 75.8 Å². The second-order valence-corrected chi connectivity index (χ2v) is 58.7. The smallest absolute Gasteiger partial charge is 0.335 e. The number of carboxylic acid groups (broad SMARTS) is 1. The van der Waals surface area contributed by atoms with Gasteiger partial charge in [-0.25, -0.2) is 46.9 Å². The molecule has 1 saturated heterocycles. The predicted molar refractivity (Wildman–Crippen MR) is 545 cm³/mol. The van der Waals surface area contributed by atoms with Gasteiger partial charge in [-0.15, -0.1) is 0 Å². The molecule has 5 aliphatic carbocycles. The topological polar surface area (TPSA) is 283 Å². The summed E-state index contributed by atoms with van der Waals surface area (Å²) < 4.78 is 132. The molecule has 0 spiro atoms. The zero-order valence-corrected chi connectivity index (χ0v) is 87.9. The summed E-state index contributed by atoms with van der Waals surface area (Å²) in [5, 5.41) is 18.5. The summed E-state index contributed by atoms with van der Waals surface area (Å²) in [5.74, 6) is 7.22. The van der Waals surface area contributed by atoms with Crippen molar-refractivity contribution >= 4 is 60.8 Å². The number of hydrogen-bond donors (Lipinski definition) is 3. The van der Waals surface area contributed by atoms with E-state index in [1.807, 2.05) is 74.4 Å². The average Bonchev–Trinajstić information content (AvgIpc) is 0.835. The molecule has 6 fully saturated rings. The van der Waals surface area contributed by atoms with Crippen LogP contribution >= 0.6 is 0 Å². The number of aromatic hydroxyl groups is 1. The summed E-state index contributed by atoms with van der Waals surface area (Å²) >= 11 is 0. The predicted octanol–water partition coefficient (Wildman–Crippen LogP) is 24.2. The van der Waals surface area contributed by atoms with Gasteiger partial charge >= 0.3 is 5.97 Å². The number of anilines is 1. The number of carbonyl (C=O) groups is 1. The molecule has 2 heterocycles. The minimum atomic E-state index is -3.03. The Morgan fingerprint density at radius 1 is 0.397 bits per heavy atom. The van der Waals surface area contributed by atoms with Crippen LogP contribution in [0.1, 0.15) is 354 Å². The zero-order valence-electron chi connectivity index (χ0n) is 83.8. The molecular weight excluding hydrogens is 1740 g/mol. The third-order valence-corrected chi connectivity index (χ3v) is 43.0. The molecule has 4 aromatic carbocycles. The highest BCUT2D eigenvalue weighted by molar-refractivity contribution is 7.93. The van der Waals surface area contributed by atoms with Gasteiger partial charge in [0.2, 0.25) is 0 Å². The highest BCUT2D eigenvalue weighted by Crippen LogP contribution is 2.41. The van der Waals surface area contributed by atoms with E-state index < -0.39 is 78.9 Å². The maximum atomic E-state index is 12.4. The number of nitrogens with zero attached hydrogens (tertiary/aromatic N) is 1. The molecule has 5 saturated carbocycles. The van der Waals surface area contributed by atoms with E-state index in [1.54, 1.807) is 65.8 Å². The van der Waals surface area contributed by atoms with Crippen molar-refractivity contribution in [3.8, 4) is 11.5 Å². The van der Waals surface area contributed by atoms with Crippen LogP contribution in [0.5, 0.6) is 11.5 Å². The first-order chi connectivity index (χ1) is 61.3. The minimum absolute atomic E-state index is 0.0133. The first-order valence-corrected chi connectivity index (χ1v) is 58.6. The fraction of sp³-hybridized carbons (Fsp3) is 0.722. The first-order valence-electron chi connectivity index (χ1n) is 50.3. The molecule has 131 heavy (non-hydrogen) atoms. The van der Waals surface area contributed by atoms with Crippen molar-refractivity contribution in [2.75, 3.05) is 66.6 Å². The number of aromatic amines is 1. The number of carboxylic acids is 1. The second kappa shape index (κ2) is 52.3. The molecular formula is C108H174N2O16S5. The molecule has 1 aromatic heterocycles. The summed E-state index contributed by atoms with van der Waals surface area (Å²) in [7, 11) is -15.0. The normalized spacial score (nSPS) is 22.3. The number of aryl methyl sites for hydroxylation is 6. The lowest BCUT2D eigenvalue weighted by atomic mass is 9.80. The van der Waals surface area contributed by atoms with E-state index in [1.165, 1.54) is 117 Å². The molecule has 0 amide bonds. The van der Waals surface area contributed by atoms with Crippen molar-refractivity contribution in [2.24, 2.45) is 59.2 Å². The van der Waals surface area contributed by atoms with Crippen molar-refractivity contribution < 1.29 is 66.6 Å². The van der Waals surface area contributed by atoms with E-state index in [-0.39, 0.29) is 11.3 Å². The van der Waals surface area contributed by atoms with Gasteiger partial charge in [-0.2, -0.15) is 0 Å². The standard InChI is InChI=1S/C24H39NO3S.C23H38O3S.C21H32O4S.C21H34O2S.C19H31NO4S/c1-24(2,3)29(26,27)19-22-9-7-20(8-10-22)5-4-6-21-11-13-23(14-12-21)25-15-17-28-18-16-25;1-5-16-26-22-11-7-10-20(17-22)9-6-8-19-12-14-21(15-13-19)18-27(24,25)23(2,3)4;1-21(2,3)26(24,25)15-18-12-10-16(11-13-18)6-4-7-17-8-5-9-19(14-17)20(22)23;1-17-8-5-6-10-20(17)11-7-9-18-12-14-19(15-13-18)16-24(22,23)21(2,3)4;1-19(2,3)25(23,24)13-15-9-7-14(8-10-15)5-4-6-16-11-17(21)12-18(22)20-16/h11-14,20,22H,4-10,15-19H2,1-3H3;7,10-11,17,19,21H,5-6,8-9,12-16,18H2,1-4H3;5,8-9,14,16,18H,4,6-7,10-13,15H2,1-3H3,(H,22,23);5-6,8,10,18-19H,7,9,11-16H2,1-4H3;11-12,14-15H,4-10,13H2,1-3H3,(H2,20,21,22). The quantitative estimate of drug-likeness (QED) is 0.0340. The lowest BCUT2D eigenvalue weighted by molar-refractivity contribution is 0.0696. The molecule has 742 valence electrons. The van der Waals surface area contributed by atoms with E-state index in [0.717, 1.165) is 215 Å². The Morgan fingerprint density at radius 3 is 1.07 bits per heavy atom. The van der Waals surface area contributed by atoms with Gasteiger partial charge in [-0.05, 0) is 375 Å². The molecule has 1 aliphatic heterocycles. The number of ether oxygens (including phenoxy) is 2. The van der Waals surface area contributed by atoms with Crippen LogP contribution in [0, 0.1) is 66.1 Å². The molecule has 0 radical (unpaired) electrons. The van der Waals surface area contributed by atoms with Gasteiger partial charge in [0.1, 0.15) is 11.5 Å². The lowest BCUT2D eigenvalue weighted by Crippen LogP contribution is -2.36. The van der Waals surface area contributed by atoms with Crippen molar-refractivity contribution in [2.45, 2.75) is 373 Å². The Bertz CT molecular complexity index is 4870. The number of aromatic carboxylic acids is 1. The van der Waals surface area contributed by atoms with Gasteiger partial charge < -0.3 is 29.6 Å². The van der Waals surface area contributed by atoms with E-state index in [4.69, 9.17) is 14.6 Å². The molecule has 23 heteroatoms. The van der Waals surface area contributed by atoms with Crippen LogP contribution in [0.3, 0.4) is 0 Å². The summed E-state index contributed by atoms with van der Waals surface area (Å²) in [6.07, 6.45) is 39.8. The van der Waals surface area contributed by atoms with Gasteiger partial charge in [-0.1, -0.05) is 164 Å². The van der Waals surface area contributed by atoms with Crippen LogP contribution in [0.15, 0.2) is 114 Å². The number of nitrogens with one attached hydrogen (secondary N) is 1. The third-order valence-electron chi connectivity index (χ3n) is 29.1. The second-order valence-electron chi connectivity index (χ2n) is 44.8. The molecule has 3 N–H and O–H groups in total. The number of hydrogen-bond acceptors (Lipinski definition) is 16. The highest BCUT2D eigenvalue weighted by Gasteiger charge is 2.39. The number of H-pyrrole nitrogens is 1. The number of pyridine rings is 1. The van der Waals surface area contributed by atoms with Crippen LogP contribution in [-0.2, 0) is 86.0 Å². The molecule has 0 bridgehead atoms. The summed E-state index contributed by atoms with van der Waals surface area (Å²) in [6, 6.07) is 36.2. The molecule has 18 nitrogen and oxygen atoms in total. The minimum Gasteiger partial charge on any atom is -0.508 e. The van der Waals surface area contributed by atoms with Gasteiger partial charge in [0.05, 0.1) is 77.9 Å². The largest absolute Gasteiger partial charge is 0.508 e. The Labute approximate surface area is 795 Å². The maximum Gasteiger partial charge on any atom is 0.335 e. The van der Waals surface area contributed by atoms with Crippen molar-refractivity contribution in [3.05, 3.63) is 159 Å². The van der Waals surface area contributed by atoms with Crippen LogP contribution in [-0.4, -0.2) is 149 Å². The molecule has 5 aromatic rings.